The summed E-state index contributed by atoms with van der Waals surface area (Å²) in [5.41, 5.74) is 2.56. The minimum absolute atomic E-state index is 0.0569. The molecule has 0 amide bonds. The lowest BCUT2D eigenvalue weighted by Crippen LogP contribution is -2.02. The minimum atomic E-state index is -0.0569. The Morgan fingerprint density at radius 3 is 2.15 bits per heavy atom. The Hall–Kier alpha value is -3.71. The summed E-state index contributed by atoms with van der Waals surface area (Å²) in [6.45, 7) is 0. The van der Waals surface area contributed by atoms with E-state index in [9.17, 15) is 4.79 Å². The number of rotatable bonds is 2. The number of hydrogen-bond donors (Lipinski definition) is 0. The molecule has 0 aliphatic carbocycles. The van der Waals surface area contributed by atoms with E-state index in [2.05, 4.69) is 11.8 Å². The van der Waals surface area contributed by atoms with Gasteiger partial charge in [0.1, 0.15) is 22.7 Å². The Bertz CT molecular complexity index is 1250. The van der Waals surface area contributed by atoms with Gasteiger partial charge in [-0.05, 0) is 42.5 Å². The molecule has 1 heterocycles. The van der Waals surface area contributed by atoms with Crippen molar-refractivity contribution in [3.05, 3.63) is 82.0 Å². The Labute approximate surface area is 156 Å². The fourth-order valence-electron chi connectivity index (χ4n) is 2.90. The smallest absolute Gasteiger partial charge is 0.200 e. The van der Waals surface area contributed by atoms with Gasteiger partial charge in [-0.2, -0.15) is 0 Å². The van der Waals surface area contributed by atoms with Crippen molar-refractivity contribution in [1.82, 2.24) is 0 Å². The van der Waals surface area contributed by atoms with E-state index in [0.717, 1.165) is 11.1 Å². The molecule has 4 heteroatoms. The monoisotopic (exact) mass is 356 g/mol. The van der Waals surface area contributed by atoms with Crippen LogP contribution in [0.5, 0.6) is 11.5 Å². The maximum atomic E-state index is 12.7. The van der Waals surface area contributed by atoms with E-state index < -0.39 is 0 Å². The number of ether oxygens (including phenoxy) is 2. The molecule has 0 aliphatic heterocycles. The number of para-hydroxylation sites is 1. The third-order valence-electron chi connectivity index (χ3n) is 4.28. The fraction of sp³-hybridized carbons (Fsp3) is 0.0870. The summed E-state index contributed by atoms with van der Waals surface area (Å²) < 4.78 is 16.3. The summed E-state index contributed by atoms with van der Waals surface area (Å²) in [7, 11) is 3.19. The molecule has 0 unspecified atom stereocenters. The first-order valence-electron chi connectivity index (χ1n) is 8.38. The van der Waals surface area contributed by atoms with Gasteiger partial charge in [-0.3, -0.25) is 4.79 Å². The van der Waals surface area contributed by atoms with Crippen LogP contribution in [-0.4, -0.2) is 14.2 Å². The lowest BCUT2D eigenvalue weighted by molar-refractivity contribution is 0.394. The minimum Gasteiger partial charge on any atom is -0.497 e. The molecule has 4 rings (SSSR count). The molecule has 0 fully saturated rings. The molecule has 27 heavy (non-hydrogen) atoms. The maximum absolute atomic E-state index is 12.7. The van der Waals surface area contributed by atoms with Crippen LogP contribution in [0.1, 0.15) is 11.1 Å². The highest BCUT2D eigenvalue weighted by molar-refractivity contribution is 5.90. The molecule has 0 atom stereocenters. The first-order valence-corrected chi connectivity index (χ1v) is 8.38. The van der Waals surface area contributed by atoms with Gasteiger partial charge >= 0.3 is 0 Å². The summed E-state index contributed by atoms with van der Waals surface area (Å²) >= 11 is 0. The molecule has 0 saturated carbocycles. The number of methoxy groups -OCH3 is 2. The van der Waals surface area contributed by atoms with E-state index in [1.54, 1.807) is 44.6 Å². The van der Waals surface area contributed by atoms with Crippen LogP contribution < -0.4 is 14.9 Å². The van der Waals surface area contributed by atoms with Crippen molar-refractivity contribution < 1.29 is 13.9 Å². The van der Waals surface area contributed by atoms with Crippen molar-refractivity contribution in [2.45, 2.75) is 0 Å². The van der Waals surface area contributed by atoms with Crippen molar-refractivity contribution in [3.8, 4) is 23.3 Å². The fourth-order valence-corrected chi connectivity index (χ4v) is 2.90. The second-order valence-electron chi connectivity index (χ2n) is 5.99. The molecule has 4 nitrogen and oxygen atoms in total. The highest BCUT2D eigenvalue weighted by atomic mass is 16.5. The highest BCUT2D eigenvalue weighted by Crippen LogP contribution is 2.22. The Balaban J connectivity index is 1.80. The topological polar surface area (TPSA) is 48.7 Å². The molecule has 1 aromatic heterocycles. The van der Waals surface area contributed by atoms with Gasteiger partial charge in [0, 0.05) is 17.2 Å². The van der Waals surface area contributed by atoms with Gasteiger partial charge in [0.15, 0.2) is 0 Å². The van der Waals surface area contributed by atoms with Crippen LogP contribution >= 0.6 is 0 Å². The van der Waals surface area contributed by atoms with Gasteiger partial charge in [-0.1, -0.05) is 24.0 Å². The van der Waals surface area contributed by atoms with Crippen molar-refractivity contribution in [1.29, 1.82) is 0 Å². The van der Waals surface area contributed by atoms with Crippen LogP contribution in [-0.2, 0) is 0 Å². The van der Waals surface area contributed by atoms with E-state index in [1.165, 1.54) is 0 Å². The van der Waals surface area contributed by atoms with E-state index in [-0.39, 0.29) is 5.43 Å². The van der Waals surface area contributed by atoms with Crippen molar-refractivity contribution in [2.75, 3.05) is 14.2 Å². The molecule has 0 aliphatic rings. The molecule has 0 bridgehead atoms. The molecule has 3 aromatic carbocycles. The summed E-state index contributed by atoms with van der Waals surface area (Å²) in [5.74, 6) is 7.52. The zero-order valence-corrected chi connectivity index (χ0v) is 14.9. The Kier molecular flexibility index (Phi) is 4.27. The van der Waals surface area contributed by atoms with Crippen LogP contribution in [0.15, 0.2) is 69.9 Å². The van der Waals surface area contributed by atoms with Crippen LogP contribution in [0.3, 0.4) is 0 Å². The Morgan fingerprint density at radius 1 is 0.741 bits per heavy atom. The summed E-state index contributed by atoms with van der Waals surface area (Å²) in [6, 6.07) is 18.1. The average molecular weight is 356 g/mol. The second kappa shape index (κ2) is 6.89. The van der Waals surface area contributed by atoms with Gasteiger partial charge in [-0.15, -0.1) is 0 Å². The summed E-state index contributed by atoms with van der Waals surface area (Å²) in [5, 5.41) is 1.08. The molecule has 0 N–H and O–H groups in total. The zero-order valence-electron chi connectivity index (χ0n) is 14.9. The molecule has 4 aromatic rings. The number of fused-ring (bicyclic) bond motifs is 2. The normalized spacial score (nSPS) is 10.4. The molecule has 0 saturated heterocycles. The summed E-state index contributed by atoms with van der Waals surface area (Å²) in [6.07, 6.45) is 0. The predicted octanol–water partition coefficient (Wildman–Crippen LogP) is 4.36. The third kappa shape index (κ3) is 3.23. The SMILES string of the molecule is COc1cc(C#Cc2ccc3oc4ccccc4c(=O)c3c2)cc(OC)c1. The van der Waals surface area contributed by atoms with Gasteiger partial charge in [0.2, 0.25) is 5.43 Å². The van der Waals surface area contributed by atoms with E-state index in [0.29, 0.717) is 33.4 Å². The van der Waals surface area contributed by atoms with Gasteiger partial charge < -0.3 is 13.9 Å². The standard InChI is InChI=1S/C23H16O4/c1-25-17-11-16(12-18(14-17)26-2)8-7-15-9-10-22-20(13-15)23(24)19-5-3-4-6-21(19)27-22/h3-6,9-14H,1-2H3. The highest BCUT2D eigenvalue weighted by Gasteiger charge is 2.07. The quantitative estimate of drug-likeness (QED) is 0.395. The lowest BCUT2D eigenvalue weighted by Gasteiger charge is -2.04. The molecule has 0 spiro atoms. The predicted molar refractivity (Wildman–Crippen MR) is 106 cm³/mol. The molecule has 132 valence electrons. The molecular formula is C23H16O4. The third-order valence-corrected chi connectivity index (χ3v) is 4.28. The largest absolute Gasteiger partial charge is 0.497 e. The van der Waals surface area contributed by atoms with Crippen molar-refractivity contribution in [3.63, 3.8) is 0 Å². The van der Waals surface area contributed by atoms with Crippen LogP contribution in [0.4, 0.5) is 0 Å². The summed E-state index contributed by atoms with van der Waals surface area (Å²) in [4.78, 5) is 12.7. The van der Waals surface area contributed by atoms with E-state index in [4.69, 9.17) is 13.9 Å². The van der Waals surface area contributed by atoms with Crippen LogP contribution in [0, 0.1) is 11.8 Å². The number of hydrogen-bond acceptors (Lipinski definition) is 4. The number of benzene rings is 3. The van der Waals surface area contributed by atoms with Gasteiger partial charge in [-0.25, -0.2) is 0 Å². The Morgan fingerprint density at radius 2 is 1.41 bits per heavy atom. The van der Waals surface area contributed by atoms with Gasteiger partial charge in [0.05, 0.1) is 25.0 Å². The van der Waals surface area contributed by atoms with Crippen LogP contribution in [0.25, 0.3) is 21.9 Å². The molecule has 0 radical (unpaired) electrons. The first-order chi connectivity index (χ1) is 13.2. The van der Waals surface area contributed by atoms with Crippen LogP contribution in [0.2, 0.25) is 0 Å². The second-order valence-corrected chi connectivity index (χ2v) is 5.99. The van der Waals surface area contributed by atoms with Crippen molar-refractivity contribution >= 4 is 21.9 Å². The lowest BCUT2D eigenvalue weighted by atomic mass is 10.1. The van der Waals surface area contributed by atoms with E-state index in [1.807, 2.05) is 30.3 Å². The maximum Gasteiger partial charge on any atom is 0.200 e. The van der Waals surface area contributed by atoms with E-state index >= 15 is 0 Å². The average Bonchev–Trinajstić information content (AvgIpc) is 2.72. The van der Waals surface area contributed by atoms with Crippen molar-refractivity contribution in [2.24, 2.45) is 0 Å². The van der Waals surface area contributed by atoms with Gasteiger partial charge in [0.25, 0.3) is 0 Å². The zero-order chi connectivity index (χ0) is 18.8. The molecular weight excluding hydrogens is 340 g/mol. The first kappa shape index (κ1) is 16.7.